The summed E-state index contributed by atoms with van der Waals surface area (Å²) >= 11 is 0. The summed E-state index contributed by atoms with van der Waals surface area (Å²) in [6, 6.07) is 0. The zero-order valence-corrected chi connectivity index (χ0v) is 5.38. The van der Waals surface area contributed by atoms with Crippen LogP contribution in [0.2, 0.25) is 0 Å². The van der Waals surface area contributed by atoms with Crippen molar-refractivity contribution >= 4 is 16.9 Å². The van der Waals surface area contributed by atoms with Gasteiger partial charge in [0, 0.05) is 0 Å². The van der Waals surface area contributed by atoms with Crippen LogP contribution in [-0.4, -0.2) is 26.0 Å². The summed E-state index contributed by atoms with van der Waals surface area (Å²) in [5.74, 6) is -0.968. The standard InChI is InChI=1S/C2H5NO2.H3NO2S/c3-1-2(4)5;1-4(2)3/h1,3H2,(H,4,5);4H,(H2,1,2,3). The molecule has 9 heavy (non-hydrogen) atoms. The van der Waals surface area contributed by atoms with Gasteiger partial charge in [0.1, 0.15) is 0 Å². The highest BCUT2D eigenvalue weighted by Crippen LogP contribution is 1.43. The van der Waals surface area contributed by atoms with Crippen molar-refractivity contribution in [2.45, 2.75) is 0 Å². The topological polar surface area (TPSA) is 123 Å². The molecule has 0 radical (unpaired) electrons. The quantitative estimate of drug-likeness (QED) is 0.312. The minimum atomic E-state index is -2.62. The molecule has 0 atom stereocenters. The van der Waals surface area contributed by atoms with Gasteiger partial charge in [-0.25, -0.2) is 13.6 Å². The van der Waals surface area contributed by atoms with E-state index in [1.54, 1.807) is 0 Å². The van der Waals surface area contributed by atoms with Crippen molar-refractivity contribution in [3.05, 3.63) is 0 Å². The molecular weight excluding hydrogens is 148 g/mol. The molecule has 0 amide bonds. The fourth-order valence-electron chi connectivity index (χ4n) is 0. The molecule has 0 saturated carbocycles. The average Bonchev–Trinajstić information content (AvgIpc) is 1.65. The maximum Gasteiger partial charge on any atom is 0.317 e. The number of hydrogen-bond acceptors (Lipinski definition) is 4. The lowest BCUT2D eigenvalue weighted by molar-refractivity contribution is -0.135. The van der Waals surface area contributed by atoms with Crippen molar-refractivity contribution < 1.29 is 18.3 Å². The highest BCUT2D eigenvalue weighted by Gasteiger charge is 1.81. The van der Waals surface area contributed by atoms with Crippen LogP contribution in [0.1, 0.15) is 0 Å². The average molecular weight is 156 g/mol. The van der Waals surface area contributed by atoms with Gasteiger partial charge in [-0.1, -0.05) is 0 Å². The summed E-state index contributed by atoms with van der Waals surface area (Å²) in [5, 5.41) is 11.7. The number of aliphatic carboxylic acids is 1. The minimum absolute atomic E-state index is 0.278. The van der Waals surface area contributed by atoms with Gasteiger partial charge in [0.05, 0.1) is 6.54 Å². The maximum absolute atomic E-state index is 9.24. The van der Waals surface area contributed by atoms with Crippen LogP contribution in [-0.2, 0) is 15.7 Å². The third-order valence-corrected chi connectivity index (χ3v) is 0.175. The van der Waals surface area contributed by atoms with Crippen molar-refractivity contribution in [3.8, 4) is 0 Å². The van der Waals surface area contributed by atoms with Gasteiger partial charge < -0.3 is 10.8 Å². The summed E-state index contributed by atoms with van der Waals surface area (Å²) in [6.45, 7) is -0.278. The summed E-state index contributed by atoms with van der Waals surface area (Å²) in [7, 11) is -2.62. The van der Waals surface area contributed by atoms with Gasteiger partial charge in [-0.3, -0.25) is 4.79 Å². The Morgan fingerprint density at radius 3 is 1.67 bits per heavy atom. The van der Waals surface area contributed by atoms with Gasteiger partial charge in [0.15, 0.2) is 10.9 Å². The van der Waals surface area contributed by atoms with Crippen molar-refractivity contribution in [3.63, 3.8) is 0 Å². The Balaban J connectivity index is 0. The number of rotatable bonds is 1. The Morgan fingerprint density at radius 2 is 1.67 bits per heavy atom. The third kappa shape index (κ3) is 117. The number of carbonyl (C=O) groups is 1. The largest absolute Gasteiger partial charge is 0.480 e. The molecule has 0 bridgehead atoms. The first-order valence-corrected chi connectivity index (χ1v) is 3.06. The number of thiol groups is 1. The Hall–Kier alpha value is -0.660. The molecule has 0 unspecified atom stereocenters. The molecule has 7 heteroatoms. The Labute approximate surface area is 53.5 Å². The third-order valence-electron chi connectivity index (χ3n) is 0.175. The van der Waals surface area contributed by atoms with Gasteiger partial charge in [-0.2, -0.15) is 0 Å². The first-order chi connectivity index (χ1) is 4.00. The van der Waals surface area contributed by atoms with E-state index in [9.17, 15) is 4.79 Å². The summed E-state index contributed by atoms with van der Waals surface area (Å²) in [6.07, 6.45) is 0. The van der Waals surface area contributed by atoms with Crippen LogP contribution in [0.15, 0.2) is 0 Å². The number of carboxylic acids is 1. The Kier molecular flexibility index (Phi) is 9.12. The van der Waals surface area contributed by atoms with E-state index in [0.29, 0.717) is 0 Å². The molecule has 0 aromatic carbocycles. The molecule has 0 aromatic rings. The molecular formula is C2H8N2O4S. The lowest BCUT2D eigenvalue weighted by atomic mass is 10.7. The fraction of sp³-hybridized carbons (Fsp3) is 0.500. The Bertz CT molecular complexity index is 134. The molecule has 0 aliphatic rings. The van der Waals surface area contributed by atoms with E-state index in [2.05, 4.69) is 10.9 Å². The second-order valence-corrected chi connectivity index (χ2v) is 1.45. The lowest BCUT2D eigenvalue weighted by Crippen LogP contribution is -2.10. The smallest absolute Gasteiger partial charge is 0.317 e. The number of nitrogens with two attached hydrogens (primary N) is 2. The summed E-state index contributed by atoms with van der Waals surface area (Å²) in [4.78, 5) is 9.24. The molecule has 0 fully saturated rings. The van der Waals surface area contributed by atoms with Crippen LogP contribution in [0.4, 0.5) is 0 Å². The first kappa shape index (κ1) is 11.2. The van der Waals surface area contributed by atoms with Gasteiger partial charge in [-0.15, -0.1) is 0 Å². The fourth-order valence-corrected chi connectivity index (χ4v) is 0. The van der Waals surface area contributed by atoms with E-state index in [-0.39, 0.29) is 6.54 Å². The van der Waals surface area contributed by atoms with Gasteiger partial charge in [-0.05, 0) is 0 Å². The van der Waals surface area contributed by atoms with Crippen molar-refractivity contribution in [1.82, 2.24) is 0 Å². The monoisotopic (exact) mass is 156 g/mol. The molecule has 0 saturated heterocycles. The first-order valence-electron chi connectivity index (χ1n) is 1.81. The van der Waals surface area contributed by atoms with Gasteiger partial charge in [0.25, 0.3) is 0 Å². The van der Waals surface area contributed by atoms with Crippen molar-refractivity contribution in [2.24, 2.45) is 10.9 Å². The summed E-state index contributed by atoms with van der Waals surface area (Å²) < 4.78 is 17.6. The summed E-state index contributed by atoms with van der Waals surface area (Å²) in [5.41, 5.74) is 4.57. The Morgan fingerprint density at radius 1 is 1.56 bits per heavy atom. The number of carboxylic acid groups (broad SMARTS) is 1. The SMILES string of the molecule is NCC(=O)O.N[SH](=O)=O. The van der Waals surface area contributed by atoms with E-state index in [1.165, 1.54) is 0 Å². The highest BCUT2D eigenvalue weighted by atomic mass is 32.2. The van der Waals surface area contributed by atoms with Crippen LogP contribution in [0.3, 0.4) is 0 Å². The zero-order valence-electron chi connectivity index (χ0n) is 4.48. The molecule has 5 N–H and O–H groups in total. The van der Waals surface area contributed by atoms with Crippen LogP contribution in [0.25, 0.3) is 0 Å². The van der Waals surface area contributed by atoms with E-state index >= 15 is 0 Å². The molecule has 56 valence electrons. The zero-order chi connectivity index (χ0) is 7.86. The van der Waals surface area contributed by atoms with Crippen molar-refractivity contribution in [1.29, 1.82) is 0 Å². The van der Waals surface area contributed by atoms with Gasteiger partial charge >= 0.3 is 5.97 Å². The van der Waals surface area contributed by atoms with Crippen LogP contribution in [0, 0.1) is 0 Å². The minimum Gasteiger partial charge on any atom is -0.480 e. The van der Waals surface area contributed by atoms with Crippen molar-refractivity contribution in [2.75, 3.05) is 6.54 Å². The molecule has 6 nitrogen and oxygen atoms in total. The molecule has 0 rings (SSSR count). The predicted octanol–water partition coefficient (Wildman–Crippen LogP) is -2.50. The number of hydrogen-bond donors (Lipinski definition) is 4. The van der Waals surface area contributed by atoms with E-state index in [4.69, 9.17) is 13.5 Å². The molecule has 0 aliphatic carbocycles. The maximum atomic E-state index is 9.24. The second-order valence-electron chi connectivity index (χ2n) is 0.883. The van der Waals surface area contributed by atoms with Crippen LogP contribution >= 0.6 is 0 Å². The molecule has 0 aliphatic heterocycles. The molecule has 0 aromatic heterocycles. The van der Waals surface area contributed by atoms with E-state index < -0.39 is 16.9 Å². The van der Waals surface area contributed by atoms with Crippen LogP contribution < -0.4 is 10.9 Å². The second kappa shape index (κ2) is 7.34. The van der Waals surface area contributed by atoms with E-state index in [1.807, 2.05) is 0 Å². The van der Waals surface area contributed by atoms with Crippen LogP contribution in [0.5, 0.6) is 0 Å². The van der Waals surface area contributed by atoms with Gasteiger partial charge in [0.2, 0.25) is 0 Å². The molecule has 0 heterocycles. The lowest BCUT2D eigenvalue weighted by Gasteiger charge is -1.73. The predicted molar refractivity (Wildman–Crippen MR) is 31.2 cm³/mol. The highest BCUT2D eigenvalue weighted by molar-refractivity contribution is 7.69. The van der Waals surface area contributed by atoms with E-state index in [0.717, 1.165) is 0 Å². The normalized spacial score (nSPS) is 7.89. The molecule has 0 spiro atoms.